The van der Waals surface area contributed by atoms with Crippen molar-refractivity contribution in [3.8, 4) is 0 Å². The number of aromatic nitrogens is 2. The standard InChI is InChI=1S/C11H13N3O2S/c1-2-5-17-7-3-4-8-9(6-7)13-10(12-8)14-11(15)16/h3-4,6H,2,5H2,1H3,(H,15,16)(H2,12,13,14)/p-1. The summed E-state index contributed by atoms with van der Waals surface area (Å²) in [5, 5.41) is 12.5. The quantitative estimate of drug-likeness (QED) is 0.811. The number of carbonyl (C=O) groups is 1. The van der Waals surface area contributed by atoms with Crippen molar-refractivity contribution in [2.75, 3.05) is 11.1 Å². The van der Waals surface area contributed by atoms with Crippen LogP contribution < -0.4 is 10.4 Å². The molecular weight excluding hydrogens is 238 g/mol. The lowest BCUT2D eigenvalue weighted by Gasteiger charge is -2.00. The summed E-state index contributed by atoms with van der Waals surface area (Å²) in [5.41, 5.74) is 1.55. The lowest BCUT2D eigenvalue weighted by atomic mass is 10.3. The van der Waals surface area contributed by atoms with Crippen molar-refractivity contribution in [3.63, 3.8) is 0 Å². The number of amides is 1. The first-order valence-electron chi connectivity index (χ1n) is 5.29. The van der Waals surface area contributed by atoms with E-state index >= 15 is 0 Å². The van der Waals surface area contributed by atoms with E-state index in [0.717, 1.165) is 28.1 Å². The van der Waals surface area contributed by atoms with Gasteiger partial charge in [-0.3, -0.25) is 0 Å². The molecule has 1 heterocycles. The molecule has 0 bridgehead atoms. The Morgan fingerprint density at radius 2 is 2.41 bits per heavy atom. The lowest BCUT2D eigenvalue weighted by Crippen LogP contribution is -2.29. The molecule has 0 spiro atoms. The summed E-state index contributed by atoms with van der Waals surface area (Å²) >= 11 is 1.76. The van der Waals surface area contributed by atoms with Gasteiger partial charge in [0.25, 0.3) is 0 Å². The van der Waals surface area contributed by atoms with Gasteiger partial charge in [-0.1, -0.05) is 6.92 Å². The zero-order valence-electron chi connectivity index (χ0n) is 9.32. The maximum Gasteiger partial charge on any atom is 0.206 e. The third kappa shape index (κ3) is 2.91. The van der Waals surface area contributed by atoms with Gasteiger partial charge in [0, 0.05) is 4.90 Å². The molecular formula is C11H12N3O2S-. The molecule has 5 nitrogen and oxygen atoms in total. The zero-order valence-corrected chi connectivity index (χ0v) is 10.1. The Morgan fingerprint density at radius 3 is 3.12 bits per heavy atom. The number of aromatic amines is 1. The molecule has 0 saturated carbocycles. The Hall–Kier alpha value is -1.69. The Bertz CT molecular complexity index is 538. The minimum Gasteiger partial charge on any atom is -0.530 e. The molecule has 0 radical (unpaired) electrons. The summed E-state index contributed by atoms with van der Waals surface area (Å²) in [6.07, 6.45) is -0.256. The summed E-state index contributed by atoms with van der Waals surface area (Å²) in [4.78, 5) is 18.5. The Kier molecular flexibility index (Phi) is 3.53. The van der Waals surface area contributed by atoms with E-state index in [2.05, 4.69) is 22.2 Å². The average Bonchev–Trinajstić information content (AvgIpc) is 2.66. The summed E-state index contributed by atoms with van der Waals surface area (Å²) in [7, 11) is 0. The number of benzene rings is 1. The Morgan fingerprint density at radius 1 is 1.59 bits per heavy atom. The van der Waals surface area contributed by atoms with Gasteiger partial charge < -0.3 is 20.2 Å². The number of hydrogen-bond acceptors (Lipinski definition) is 4. The average molecular weight is 250 g/mol. The third-order valence-corrected chi connectivity index (χ3v) is 3.35. The highest BCUT2D eigenvalue weighted by atomic mass is 32.2. The van der Waals surface area contributed by atoms with Crippen LogP contribution in [0.5, 0.6) is 0 Å². The number of carbonyl (C=O) groups excluding carboxylic acids is 1. The van der Waals surface area contributed by atoms with Crippen LogP contribution in [-0.4, -0.2) is 21.8 Å². The second kappa shape index (κ2) is 5.09. The minimum atomic E-state index is -1.37. The molecule has 2 rings (SSSR count). The van der Waals surface area contributed by atoms with E-state index in [0.29, 0.717) is 0 Å². The van der Waals surface area contributed by atoms with Crippen LogP contribution in [-0.2, 0) is 0 Å². The van der Waals surface area contributed by atoms with E-state index in [-0.39, 0.29) is 5.95 Å². The first-order valence-corrected chi connectivity index (χ1v) is 6.28. The van der Waals surface area contributed by atoms with Gasteiger partial charge in [-0.25, -0.2) is 4.98 Å². The number of imidazole rings is 1. The SMILES string of the molecule is CCCSc1ccc2nc(NC(=O)[O-])[nH]c2c1. The largest absolute Gasteiger partial charge is 0.530 e. The van der Waals surface area contributed by atoms with E-state index < -0.39 is 6.09 Å². The van der Waals surface area contributed by atoms with Gasteiger partial charge in [-0.05, 0) is 30.4 Å². The monoisotopic (exact) mass is 250 g/mol. The molecule has 0 atom stereocenters. The van der Waals surface area contributed by atoms with Gasteiger partial charge in [0.1, 0.15) is 6.09 Å². The summed E-state index contributed by atoms with van der Waals surface area (Å²) in [6, 6.07) is 5.81. The van der Waals surface area contributed by atoms with E-state index in [4.69, 9.17) is 0 Å². The van der Waals surface area contributed by atoms with Crippen LogP contribution in [0.3, 0.4) is 0 Å². The van der Waals surface area contributed by atoms with Gasteiger partial charge in [-0.2, -0.15) is 0 Å². The fraction of sp³-hybridized carbons (Fsp3) is 0.273. The van der Waals surface area contributed by atoms with Crippen molar-refractivity contribution in [1.82, 2.24) is 9.97 Å². The molecule has 1 aromatic carbocycles. The number of thioether (sulfide) groups is 1. The van der Waals surface area contributed by atoms with Crippen LogP contribution in [0.25, 0.3) is 11.0 Å². The van der Waals surface area contributed by atoms with Crippen LogP contribution in [0.4, 0.5) is 10.7 Å². The van der Waals surface area contributed by atoms with Crippen molar-refractivity contribution in [2.45, 2.75) is 18.2 Å². The molecule has 2 aromatic rings. The van der Waals surface area contributed by atoms with Gasteiger partial charge in [0.2, 0.25) is 5.95 Å². The maximum absolute atomic E-state index is 10.4. The summed E-state index contributed by atoms with van der Waals surface area (Å²) in [5.74, 6) is 1.25. The van der Waals surface area contributed by atoms with Crippen LogP contribution in [0.2, 0.25) is 0 Å². The lowest BCUT2D eigenvalue weighted by molar-refractivity contribution is -0.242. The van der Waals surface area contributed by atoms with E-state index in [1.165, 1.54) is 0 Å². The van der Waals surface area contributed by atoms with Crippen molar-refractivity contribution in [2.24, 2.45) is 0 Å². The predicted octanol–water partition coefficient (Wildman–Crippen LogP) is 1.82. The number of H-pyrrole nitrogens is 1. The topological polar surface area (TPSA) is 80.8 Å². The zero-order chi connectivity index (χ0) is 12.3. The predicted molar refractivity (Wildman–Crippen MR) is 66.1 cm³/mol. The first-order chi connectivity index (χ1) is 8.19. The molecule has 90 valence electrons. The molecule has 1 aromatic heterocycles. The first kappa shape index (κ1) is 11.8. The van der Waals surface area contributed by atoms with Crippen LogP contribution in [0.1, 0.15) is 13.3 Å². The molecule has 0 saturated heterocycles. The third-order valence-electron chi connectivity index (χ3n) is 2.15. The molecule has 1 amide bonds. The summed E-state index contributed by atoms with van der Waals surface area (Å²) < 4.78 is 0. The van der Waals surface area contributed by atoms with E-state index in [1.807, 2.05) is 18.2 Å². The number of rotatable bonds is 4. The van der Waals surface area contributed by atoms with Crippen molar-refractivity contribution < 1.29 is 9.90 Å². The second-order valence-electron chi connectivity index (χ2n) is 3.53. The fourth-order valence-corrected chi connectivity index (χ4v) is 2.26. The normalized spacial score (nSPS) is 10.6. The van der Waals surface area contributed by atoms with E-state index in [9.17, 15) is 9.90 Å². The van der Waals surface area contributed by atoms with Crippen molar-refractivity contribution in [3.05, 3.63) is 18.2 Å². The molecule has 17 heavy (non-hydrogen) atoms. The smallest absolute Gasteiger partial charge is 0.206 e. The van der Waals surface area contributed by atoms with Crippen LogP contribution >= 0.6 is 11.8 Å². The molecule has 2 N–H and O–H groups in total. The molecule has 0 unspecified atom stereocenters. The highest BCUT2D eigenvalue weighted by Crippen LogP contribution is 2.23. The van der Waals surface area contributed by atoms with Crippen LogP contribution in [0.15, 0.2) is 23.1 Å². The molecule has 0 fully saturated rings. The minimum absolute atomic E-state index is 0.192. The van der Waals surface area contributed by atoms with Crippen molar-refractivity contribution in [1.29, 1.82) is 0 Å². The molecule has 0 aliphatic carbocycles. The highest BCUT2D eigenvalue weighted by molar-refractivity contribution is 7.99. The molecule has 6 heteroatoms. The van der Waals surface area contributed by atoms with Gasteiger partial charge >= 0.3 is 0 Å². The number of anilines is 1. The van der Waals surface area contributed by atoms with Gasteiger partial charge in [0.05, 0.1) is 11.0 Å². The van der Waals surface area contributed by atoms with E-state index in [1.54, 1.807) is 11.8 Å². The number of fused-ring (bicyclic) bond motifs is 1. The maximum atomic E-state index is 10.4. The number of nitrogens with one attached hydrogen (secondary N) is 2. The number of carboxylic acid groups (broad SMARTS) is 1. The number of nitrogens with zero attached hydrogens (tertiary/aromatic N) is 1. The Balaban J connectivity index is 2.24. The van der Waals surface area contributed by atoms with Gasteiger partial charge in [0.15, 0.2) is 0 Å². The molecule has 0 aliphatic rings. The van der Waals surface area contributed by atoms with Crippen LogP contribution in [0, 0.1) is 0 Å². The van der Waals surface area contributed by atoms with Crippen molar-refractivity contribution >= 4 is 34.8 Å². The highest BCUT2D eigenvalue weighted by Gasteiger charge is 2.03. The Labute approximate surface area is 103 Å². The van der Waals surface area contributed by atoms with Gasteiger partial charge in [-0.15, -0.1) is 11.8 Å². The fourth-order valence-electron chi connectivity index (χ4n) is 1.45. The molecule has 0 aliphatic heterocycles. The summed E-state index contributed by atoms with van der Waals surface area (Å²) in [6.45, 7) is 2.13. The number of hydrogen-bond donors (Lipinski definition) is 2. The second-order valence-corrected chi connectivity index (χ2v) is 4.69.